The normalized spacial score (nSPS) is 26.4. The van der Waals surface area contributed by atoms with Crippen LogP contribution >= 0.6 is 0 Å². The molecule has 0 aromatic heterocycles. The molecule has 2 aromatic rings. The van der Waals surface area contributed by atoms with Crippen molar-refractivity contribution in [2.45, 2.75) is 38.8 Å². The van der Waals surface area contributed by atoms with E-state index in [1.54, 1.807) is 36.4 Å². The van der Waals surface area contributed by atoms with Crippen LogP contribution in [0.1, 0.15) is 49.2 Å². The lowest BCUT2D eigenvalue weighted by Gasteiger charge is -2.27. The van der Waals surface area contributed by atoms with Gasteiger partial charge in [-0.3, -0.25) is 24.5 Å². The van der Waals surface area contributed by atoms with Crippen LogP contribution in [0.2, 0.25) is 0 Å². The number of imide groups is 1. The highest BCUT2D eigenvalue weighted by molar-refractivity contribution is 6.24. The second-order valence-corrected chi connectivity index (χ2v) is 8.67. The molecule has 0 bridgehead atoms. The standard InChI is InChI=1S/C25H26N2O6/c1-4-13-33-18-11-7-16(8-12-18)21-19-20(25(3,26-21)24(31)32)23(30)27(22(19)29)17-9-5-15(6-10-17)14(2)28/h5-12,19-21,26H,4,13H2,1-3H3,(H,31,32). The van der Waals surface area contributed by atoms with Crippen molar-refractivity contribution in [1.82, 2.24) is 5.32 Å². The number of ketones is 1. The van der Waals surface area contributed by atoms with E-state index in [9.17, 15) is 24.3 Å². The van der Waals surface area contributed by atoms with E-state index in [0.29, 0.717) is 29.2 Å². The quantitative estimate of drug-likeness (QED) is 0.492. The molecule has 4 rings (SSSR count). The number of carboxylic acid groups (broad SMARTS) is 1. The van der Waals surface area contributed by atoms with E-state index >= 15 is 0 Å². The number of hydrogen-bond acceptors (Lipinski definition) is 6. The van der Waals surface area contributed by atoms with E-state index in [0.717, 1.165) is 11.3 Å². The number of carbonyl (C=O) groups is 4. The Balaban J connectivity index is 1.71. The maximum absolute atomic E-state index is 13.5. The second kappa shape index (κ2) is 8.44. The minimum absolute atomic E-state index is 0.133. The van der Waals surface area contributed by atoms with E-state index in [4.69, 9.17) is 4.74 Å². The molecular weight excluding hydrogens is 424 g/mol. The Hall–Kier alpha value is -3.52. The van der Waals surface area contributed by atoms with Gasteiger partial charge in [-0.05, 0) is 62.2 Å². The van der Waals surface area contributed by atoms with Crippen LogP contribution in [0.3, 0.4) is 0 Å². The Morgan fingerprint density at radius 1 is 1.06 bits per heavy atom. The van der Waals surface area contributed by atoms with Crippen LogP contribution in [0.15, 0.2) is 48.5 Å². The van der Waals surface area contributed by atoms with Crippen LogP contribution in [-0.4, -0.2) is 40.8 Å². The van der Waals surface area contributed by atoms with Crippen LogP contribution in [0.4, 0.5) is 5.69 Å². The summed E-state index contributed by atoms with van der Waals surface area (Å²) in [6.07, 6.45) is 0.868. The molecule has 2 saturated heterocycles. The summed E-state index contributed by atoms with van der Waals surface area (Å²) in [7, 11) is 0. The Kier molecular flexibility index (Phi) is 5.80. The minimum atomic E-state index is -1.62. The zero-order valence-electron chi connectivity index (χ0n) is 18.7. The summed E-state index contributed by atoms with van der Waals surface area (Å²) in [6.45, 7) is 5.46. The van der Waals surface area contributed by atoms with Gasteiger partial charge in [0.1, 0.15) is 11.3 Å². The van der Waals surface area contributed by atoms with E-state index in [1.165, 1.54) is 26.0 Å². The Bertz CT molecular complexity index is 1110. The van der Waals surface area contributed by atoms with Gasteiger partial charge in [-0.15, -0.1) is 0 Å². The molecule has 8 heteroatoms. The van der Waals surface area contributed by atoms with Gasteiger partial charge >= 0.3 is 5.97 Å². The van der Waals surface area contributed by atoms with Gasteiger partial charge in [-0.2, -0.15) is 0 Å². The molecule has 0 spiro atoms. The van der Waals surface area contributed by atoms with Crippen LogP contribution in [0.25, 0.3) is 0 Å². The number of aliphatic carboxylic acids is 1. The molecule has 0 aliphatic carbocycles. The molecule has 0 saturated carbocycles. The molecule has 4 unspecified atom stereocenters. The highest BCUT2D eigenvalue weighted by Crippen LogP contribution is 2.49. The van der Waals surface area contributed by atoms with Gasteiger partial charge in [-0.25, -0.2) is 4.90 Å². The number of hydrogen-bond donors (Lipinski definition) is 2. The predicted octanol–water partition coefficient (Wildman–Crippen LogP) is 2.97. The highest BCUT2D eigenvalue weighted by Gasteiger charge is 2.66. The van der Waals surface area contributed by atoms with Crippen LogP contribution in [-0.2, 0) is 14.4 Å². The fourth-order valence-electron chi connectivity index (χ4n) is 4.71. The summed E-state index contributed by atoms with van der Waals surface area (Å²) in [4.78, 5) is 51.8. The number of nitrogens with one attached hydrogen (secondary N) is 1. The van der Waals surface area contributed by atoms with Crippen LogP contribution in [0, 0.1) is 11.8 Å². The molecule has 2 amide bonds. The van der Waals surface area contributed by atoms with E-state index < -0.39 is 41.2 Å². The minimum Gasteiger partial charge on any atom is -0.494 e. The number of carbonyl (C=O) groups excluding carboxylic acids is 3. The third-order valence-electron chi connectivity index (χ3n) is 6.48. The van der Waals surface area contributed by atoms with Crippen LogP contribution < -0.4 is 15.0 Å². The maximum Gasteiger partial charge on any atom is 0.324 e. The lowest BCUT2D eigenvalue weighted by molar-refractivity contribution is -0.147. The first-order chi connectivity index (χ1) is 15.7. The average Bonchev–Trinajstić information content (AvgIpc) is 3.26. The number of nitrogens with zero attached hydrogens (tertiary/aromatic N) is 1. The van der Waals surface area contributed by atoms with Crippen molar-refractivity contribution in [1.29, 1.82) is 0 Å². The fraction of sp³-hybridized carbons (Fsp3) is 0.360. The monoisotopic (exact) mass is 450 g/mol. The number of ether oxygens (including phenoxy) is 1. The molecule has 2 aliphatic heterocycles. The first-order valence-electron chi connectivity index (χ1n) is 10.9. The van der Waals surface area contributed by atoms with Gasteiger partial charge in [0.2, 0.25) is 11.8 Å². The van der Waals surface area contributed by atoms with E-state index in [2.05, 4.69) is 5.32 Å². The molecule has 2 heterocycles. The Labute approximate surface area is 191 Å². The van der Waals surface area contributed by atoms with Crippen molar-refractivity contribution in [2.24, 2.45) is 11.8 Å². The summed E-state index contributed by atoms with van der Waals surface area (Å²) in [5, 5.41) is 13.0. The smallest absolute Gasteiger partial charge is 0.324 e. The average molecular weight is 450 g/mol. The van der Waals surface area contributed by atoms with Crippen molar-refractivity contribution in [3.63, 3.8) is 0 Å². The summed E-state index contributed by atoms with van der Waals surface area (Å²) in [5.74, 6) is -3.64. The van der Waals surface area contributed by atoms with Gasteiger partial charge < -0.3 is 9.84 Å². The third kappa shape index (κ3) is 3.70. The summed E-state index contributed by atoms with van der Waals surface area (Å²) >= 11 is 0. The van der Waals surface area contributed by atoms with E-state index in [-0.39, 0.29) is 5.78 Å². The van der Waals surface area contributed by atoms with Gasteiger partial charge in [-0.1, -0.05) is 19.1 Å². The lowest BCUT2D eigenvalue weighted by Crippen LogP contribution is -2.53. The largest absolute Gasteiger partial charge is 0.494 e. The molecule has 33 heavy (non-hydrogen) atoms. The number of fused-ring (bicyclic) bond motifs is 1. The molecule has 2 aromatic carbocycles. The molecule has 172 valence electrons. The first kappa shape index (κ1) is 22.7. The van der Waals surface area contributed by atoms with E-state index in [1.807, 2.05) is 6.92 Å². The number of carboxylic acids is 1. The number of rotatable bonds is 7. The fourth-order valence-corrected chi connectivity index (χ4v) is 4.71. The zero-order valence-corrected chi connectivity index (χ0v) is 18.7. The number of benzene rings is 2. The first-order valence-corrected chi connectivity index (χ1v) is 10.9. The van der Waals surface area contributed by atoms with Crippen molar-refractivity contribution in [2.75, 3.05) is 11.5 Å². The van der Waals surface area contributed by atoms with Crippen LogP contribution in [0.5, 0.6) is 5.75 Å². The maximum atomic E-state index is 13.5. The van der Waals surface area contributed by atoms with Gasteiger partial charge in [0.25, 0.3) is 0 Å². The van der Waals surface area contributed by atoms with Crippen molar-refractivity contribution < 1.29 is 29.0 Å². The van der Waals surface area contributed by atoms with Crippen molar-refractivity contribution in [3.05, 3.63) is 59.7 Å². The molecule has 2 fully saturated rings. The number of Topliss-reactive ketones (excluding diaryl/α,β-unsaturated/α-hetero) is 1. The summed E-state index contributed by atoms with van der Waals surface area (Å²) in [5.41, 5.74) is -0.139. The predicted molar refractivity (Wildman–Crippen MR) is 120 cm³/mol. The third-order valence-corrected chi connectivity index (χ3v) is 6.48. The SMILES string of the molecule is CCCOc1ccc(C2NC(C)(C(=O)O)C3C(=O)N(c4ccc(C(C)=O)cc4)C(=O)C23)cc1. The Morgan fingerprint density at radius 3 is 2.24 bits per heavy atom. The number of anilines is 1. The number of amides is 2. The Morgan fingerprint density at radius 2 is 1.70 bits per heavy atom. The topological polar surface area (TPSA) is 113 Å². The van der Waals surface area contributed by atoms with Crippen molar-refractivity contribution >= 4 is 29.3 Å². The van der Waals surface area contributed by atoms with Gasteiger partial charge in [0, 0.05) is 11.6 Å². The van der Waals surface area contributed by atoms with Gasteiger partial charge in [0.15, 0.2) is 5.78 Å². The molecule has 8 nitrogen and oxygen atoms in total. The molecule has 4 atom stereocenters. The summed E-state index contributed by atoms with van der Waals surface area (Å²) in [6, 6.07) is 12.6. The van der Waals surface area contributed by atoms with Gasteiger partial charge in [0.05, 0.1) is 24.1 Å². The lowest BCUT2D eigenvalue weighted by atomic mass is 9.80. The summed E-state index contributed by atoms with van der Waals surface area (Å²) < 4.78 is 5.61. The molecular formula is C25H26N2O6. The van der Waals surface area contributed by atoms with Crippen molar-refractivity contribution in [3.8, 4) is 5.75 Å². The highest BCUT2D eigenvalue weighted by atomic mass is 16.5. The molecule has 0 radical (unpaired) electrons. The molecule has 2 N–H and O–H groups in total. The second-order valence-electron chi connectivity index (χ2n) is 8.67. The zero-order chi connectivity index (χ0) is 23.9. The molecule has 2 aliphatic rings.